The maximum absolute atomic E-state index is 12.9. The summed E-state index contributed by atoms with van der Waals surface area (Å²) in [6.45, 7) is 8.57. The molecule has 1 heterocycles. The Morgan fingerprint density at radius 3 is 2.62 bits per heavy atom. The van der Waals surface area contributed by atoms with E-state index in [2.05, 4.69) is 45.9 Å². The van der Waals surface area contributed by atoms with Gasteiger partial charge in [0, 0.05) is 23.7 Å². The summed E-state index contributed by atoms with van der Waals surface area (Å²) in [6.07, 6.45) is 7.20. The topological polar surface area (TPSA) is 46.3 Å². The van der Waals surface area contributed by atoms with Crippen LogP contribution in [0, 0.1) is 5.92 Å². The van der Waals surface area contributed by atoms with Crippen LogP contribution in [0.15, 0.2) is 18.2 Å². The molecule has 2 atom stereocenters. The maximum Gasteiger partial charge on any atom is 0.230 e. The van der Waals surface area contributed by atoms with Crippen LogP contribution in [0.5, 0.6) is 0 Å². The van der Waals surface area contributed by atoms with Crippen molar-refractivity contribution in [3.8, 4) is 0 Å². The normalized spacial score (nSPS) is 18.1. The first kappa shape index (κ1) is 19.0. The molecule has 0 saturated heterocycles. The minimum atomic E-state index is 0.139. The fourth-order valence-electron chi connectivity index (χ4n) is 3.85. The lowest BCUT2D eigenvalue weighted by atomic mass is 9.99. The molecule has 1 aromatic carbocycles. The molecule has 0 radical (unpaired) electrons. The highest BCUT2D eigenvalue weighted by atomic mass is 16.2. The van der Waals surface area contributed by atoms with Crippen molar-refractivity contribution in [2.45, 2.75) is 84.7 Å². The van der Waals surface area contributed by atoms with Gasteiger partial charge in [-0.1, -0.05) is 45.7 Å². The Kier molecular flexibility index (Phi) is 6.85. The minimum Gasteiger partial charge on any atom is -0.327 e. The van der Waals surface area contributed by atoms with Gasteiger partial charge in [-0.3, -0.25) is 4.79 Å². The van der Waals surface area contributed by atoms with Crippen molar-refractivity contribution >= 4 is 11.6 Å². The number of hydrogen-bond donors (Lipinski definition) is 1. The third kappa shape index (κ3) is 4.18. The zero-order valence-corrected chi connectivity index (χ0v) is 15.8. The number of carbonyl (C=O) groups is 1. The van der Waals surface area contributed by atoms with Crippen molar-refractivity contribution < 1.29 is 4.79 Å². The summed E-state index contributed by atoms with van der Waals surface area (Å²) < 4.78 is 0. The molecule has 2 unspecified atom stereocenters. The van der Waals surface area contributed by atoms with Gasteiger partial charge in [0.2, 0.25) is 5.91 Å². The van der Waals surface area contributed by atoms with Crippen LogP contribution in [-0.2, 0) is 17.6 Å². The molecule has 0 aliphatic carbocycles. The first-order valence-corrected chi connectivity index (χ1v) is 9.72. The number of anilines is 1. The zero-order chi connectivity index (χ0) is 17.7. The summed E-state index contributed by atoms with van der Waals surface area (Å²) in [7, 11) is 0. The van der Waals surface area contributed by atoms with E-state index in [1.165, 1.54) is 24.0 Å². The first-order valence-electron chi connectivity index (χ1n) is 9.72. The summed E-state index contributed by atoms with van der Waals surface area (Å²) in [5, 5.41) is 0. The molecule has 0 fully saturated rings. The quantitative estimate of drug-likeness (QED) is 0.765. The Hall–Kier alpha value is -1.35. The molecular weight excluding hydrogens is 296 g/mol. The molecule has 3 nitrogen and oxygen atoms in total. The molecule has 24 heavy (non-hydrogen) atoms. The van der Waals surface area contributed by atoms with Crippen LogP contribution in [0.2, 0.25) is 0 Å². The predicted octanol–water partition coefficient (Wildman–Crippen LogP) is 4.46. The van der Waals surface area contributed by atoms with Gasteiger partial charge in [-0.25, -0.2) is 0 Å². The van der Waals surface area contributed by atoms with Crippen molar-refractivity contribution in [2.24, 2.45) is 11.7 Å². The minimum absolute atomic E-state index is 0.139. The zero-order valence-electron chi connectivity index (χ0n) is 15.8. The molecule has 0 aromatic heterocycles. The predicted molar refractivity (Wildman–Crippen MR) is 102 cm³/mol. The second kappa shape index (κ2) is 8.66. The van der Waals surface area contributed by atoms with Gasteiger partial charge in [0.1, 0.15) is 0 Å². The number of hydrogen-bond acceptors (Lipinski definition) is 2. The van der Waals surface area contributed by atoms with Gasteiger partial charge in [0.15, 0.2) is 0 Å². The Labute approximate surface area is 147 Å². The lowest BCUT2D eigenvalue weighted by Gasteiger charge is -2.27. The van der Waals surface area contributed by atoms with E-state index in [4.69, 9.17) is 5.73 Å². The molecule has 1 aliphatic rings. The van der Waals surface area contributed by atoms with Gasteiger partial charge in [-0.05, 0) is 56.2 Å². The summed E-state index contributed by atoms with van der Waals surface area (Å²) in [5.41, 5.74) is 9.98. The maximum atomic E-state index is 12.9. The van der Waals surface area contributed by atoms with Gasteiger partial charge in [0.25, 0.3) is 0 Å². The number of carbonyl (C=O) groups excluding carboxylic acids is 1. The number of rotatable bonds is 8. The second-order valence-electron chi connectivity index (χ2n) is 7.34. The number of nitrogens with zero attached hydrogens (tertiary/aromatic N) is 1. The van der Waals surface area contributed by atoms with E-state index in [0.29, 0.717) is 5.91 Å². The molecule has 2 rings (SSSR count). The van der Waals surface area contributed by atoms with Crippen molar-refractivity contribution in [3.63, 3.8) is 0 Å². The number of benzene rings is 1. The first-order chi connectivity index (χ1) is 11.5. The van der Waals surface area contributed by atoms with Crippen molar-refractivity contribution in [2.75, 3.05) is 4.90 Å². The van der Waals surface area contributed by atoms with Crippen LogP contribution in [0.1, 0.15) is 70.9 Å². The van der Waals surface area contributed by atoms with Crippen LogP contribution in [0.3, 0.4) is 0 Å². The summed E-state index contributed by atoms with van der Waals surface area (Å²) in [5.74, 6) is 0.430. The molecule has 1 amide bonds. The van der Waals surface area contributed by atoms with Crippen molar-refractivity contribution in [1.29, 1.82) is 0 Å². The Morgan fingerprint density at radius 1 is 1.29 bits per heavy atom. The van der Waals surface area contributed by atoms with Crippen molar-refractivity contribution in [3.05, 3.63) is 29.3 Å². The largest absolute Gasteiger partial charge is 0.327 e. The molecule has 0 spiro atoms. The lowest BCUT2D eigenvalue weighted by Crippen LogP contribution is -2.39. The van der Waals surface area contributed by atoms with Gasteiger partial charge < -0.3 is 10.6 Å². The Bertz CT molecular complexity index is 551. The standard InChI is InChI=1S/C21H34N2O/c1-5-8-9-19(22)14-16-10-11-20-18(13-16)12-15(4)23(20)21(24)17(6-2)7-3/h10-11,13,15,17,19H,5-9,12,14,22H2,1-4H3. The van der Waals surface area contributed by atoms with Crippen LogP contribution in [0.4, 0.5) is 5.69 Å². The van der Waals surface area contributed by atoms with Gasteiger partial charge in [-0.2, -0.15) is 0 Å². The Balaban J connectivity index is 2.14. The van der Waals surface area contributed by atoms with E-state index in [0.717, 1.165) is 37.8 Å². The molecule has 1 aromatic rings. The third-order valence-electron chi connectivity index (χ3n) is 5.36. The second-order valence-corrected chi connectivity index (χ2v) is 7.34. The van der Waals surface area contributed by atoms with Gasteiger partial charge >= 0.3 is 0 Å². The fraction of sp³-hybridized carbons (Fsp3) is 0.667. The summed E-state index contributed by atoms with van der Waals surface area (Å²) >= 11 is 0. The molecule has 0 bridgehead atoms. The molecule has 134 valence electrons. The number of amides is 1. The molecule has 2 N–H and O–H groups in total. The summed E-state index contributed by atoms with van der Waals surface area (Å²) in [4.78, 5) is 14.9. The highest BCUT2D eigenvalue weighted by Gasteiger charge is 2.33. The molecule has 0 saturated carbocycles. The van der Waals surface area contributed by atoms with E-state index in [-0.39, 0.29) is 18.0 Å². The Morgan fingerprint density at radius 2 is 2.00 bits per heavy atom. The average Bonchev–Trinajstić information content (AvgIpc) is 2.88. The van der Waals surface area contributed by atoms with E-state index < -0.39 is 0 Å². The fourth-order valence-corrected chi connectivity index (χ4v) is 3.85. The van der Waals surface area contributed by atoms with Gasteiger partial charge in [0.05, 0.1) is 0 Å². The molecule has 3 heteroatoms. The highest BCUT2D eigenvalue weighted by Crippen LogP contribution is 2.35. The molecular formula is C21H34N2O. The average molecular weight is 331 g/mol. The van der Waals surface area contributed by atoms with E-state index in [1.807, 2.05) is 4.90 Å². The van der Waals surface area contributed by atoms with Crippen molar-refractivity contribution in [1.82, 2.24) is 0 Å². The SMILES string of the molecule is CCCCC(N)Cc1ccc2c(c1)CC(C)N2C(=O)C(CC)CC. The van der Waals surface area contributed by atoms with Crippen LogP contribution >= 0.6 is 0 Å². The number of fused-ring (bicyclic) bond motifs is 1. The third-order valence-corrected chi connectivity index (χ3v) is 5.36. The van der Waals surface area contributed by atoms with Crippen LogP contribution in [-0.4, -0.2) is 18.0 Å². The lowest BCUT2D eigenvalue weighted by molar-refractivity contribution is -0.122. The van der Waals surface area contributed by atoms with E-state index >= 15 is 0 Å². The van der Waals surface area contributed by atoms with E-state index in [1.54, 1.807) is 0 Å². The number of unbranched alkanes of at least 4 members (excludes halogenated alkanes) is 1. The van der Waals surface area contributed by atoms with Gasteiger partial charge in [-0.15, -0.1) is 0 Å². The number of nitrogens with two attached hydrogens (primary N) is 1. The monoisotopic (exact) mass is 330 g/mol. The van der Waals surface area contributed by atoms with Crippen LogP contribution in [0.25, 0.3) is 0 Å². The highest BCUT2D eigenvalue weighted by molar-refractivity contribution is 5.97. The molecule has 1 aliphatic heterocycles. The summed E-state index contributed by atoms with van der Waals surface area (Å²) in [6, 6.07) is 7.08. The van der Waals surface area contributed by atoms with Crippen LogP contribution < -0.4 is 10.6 Å². The smallest absolute Gasteiger partial charge is 0.230 e. The van der Waals surface area contributed by atoms with E-state index in [9.17, 15) is 4.79 Å².